The second kappa shape index (κ2) is 6.02. The number of benzene rings is 1. The second-order valence-corrected chi connectivity index (χ2v) is 6.27. The van der Waals surface area contributed by atoms with E-state index in [0.29, 0.717) is 11.3 Å². The zero-order valence-corrected chi connectivity index (χ0v) is 10.9. The number of aliphatic hydroxyl groups is 1. The molecular formula is C12H18O4S. The molecule has 0 amide bonds. The smallest absolute Gasteiger partial charge is 0.153 e. The number of ether oxygens (including phenoxy) is 1. The molecule has 1 atom stereocenters. The summed E-state index contributed by atoms with van der Waals surface area (Å²) in [6.45, 7) is 3.37. The highest BCUT2D eigenvalue weighted by Gasteiger charge is 2.10. The van der Waals surface area contributed by atoms with Crippen LogP contribution in [0.25, 0.3) is 0 Å². The van der Waals surface area contributed by atoms with Gasteiger partial charge in [0.1, 0.15) is 12.4 Å². The van der Waals surface area contributed by atoms with Gasteiger partial charge in [-0.05, 0) is 13.0 Å². The molecule has 0 saturated heterocycles. The van der Waals surface area contributed by atoms with Gasteiger partial charge in [0.05, 0.1) is 11.9 Å². The lowest BCUT2D eigenvalue weighted by atomic mass is 10.1. The van der Waals surface area contributed by atoms with E-state index in [-0.39, 0.29) is 18.1 Å². The van der Waals surface area contributed by atoms with Gasteiger partial charge in [-0.3, -0.25) is 0 Å². The Morgan fingerprint density at radius 2 is 2.00 bits per heavy atom. The van der Waals surface area contributed by atoms with Crippen molar-refractivity contribution in [2.24, 2.45) is 0 Å². The molecular weight excluding hydrogens is 240 g/mol. The van der Waals surface area contributed by atoms with E-state index in [1.165, 1.54) is 0 Å². The zero-order valence-electron chi connectivity index (χ0n) is 10.1. The number of hydrogen-bond donors (Lipinski definition) is 1. The van der Waals surface area contributed by atoms with Gasteiger partial charge >= 0.3 is 0 Å². The summed E-state index contributed by atoms with van der Waals surface area (Å²) >= 11 is 0. The van der Waals surface area contributed by atoms with E-state index < -0.39 is 15.9 Å². The molecule has 96 valence electrons. The van der Waals surface area contributed by atoms with E-state index in [9.17, 15) is 13.5 Å². The number of sulfone groups is 1. The molecule has 0 fully saturated rings. The molecule has 0 spiro atoms. The molecule has 0 heterocycles. The summed E-state index contributed by atoms with van der Waals surface area (Å²) in [7, 11) is -3.01. The average Bonchev–Trinajstić information content (AvgIpc) is 2.29. The highest BCUT2D eigenvalue weighted by Crippen LogP contribution is 2.24. The highest BCUT2D eigenvalue weighted by molar-refractivity contribution is 7.91. The summed E-state index contributed by atoms with van der Waals surface area (Å²) in [5.74, 6) is 0.653. The van der Waals surface area contributed by atoms with Gasteiger partial charge < -0.3 is 9.84 Å². The van der Waals surface area contributed by atoms with Gasteiger partial charge in [-0.1, -0.05) is 25.1 Å². The normalized spacial score (nSPS) is 13.4. The molecule has 5 heteroatoms. The van der Waals surface area contributed by atoms with E-state index in [1.54, 1.807) is 38.1 Å². The molecule has 1 N–H and O–H groups in total. The van der Waals surface area contributed by atoms with Crippen LogP contribution in [0.3, 0.4) is 0 Å². The van der Waals surface area contributed by atoms with Crippen LogP contribution in [0.1, 0.15) is 25.5 Å². The molecule has 4 nitrogen and oxygen atoms in total. The van der Waals surface area contributed by atoms with Gasteiger partial charge in [0.2, 0.25) is 0 Å². The van der Waals surface area contributed by atoms with Gasteiger partial charge in [0.25, 0.3) is 0 Å². The van der Waals surface area contributed by atoms with Crippen LogP contribution in [0.5, 0.6) is 5.75 Å². The quantitative estimate of drug-likeness (QED) is 0.841. The van der Waals surface area contributed by atoms with Gasteiger partial charge in [-0.2, -0.15) is 0 Å². The van der Waals surface area contributed by atoms with E-state index in [1.807, 2.05) is 0 Å². The minimum atomic E-state index is -3.01. The fourth-order valence-corrected chi connectivity index (χ4v) is 2.01. The third kappa shape index (κ3) is 4.36. The monoisotopic (exact) mass is 258 g/mol. The van der Waals surface area contributed by atoms with Crippen molar-refractivity contribution in [2.45, 2.75) is 20.0 Å². The first-order valence-electron chi connectivity index (χ1n) is 5.56. The molecule has 17 heavy (non-hydrogen) atoms. The molecule has 0 aliphatic carbocycles. The van der Waals surface area contributed by atoms with Crippen molar-refractivity contribution in [3.05, 3.63) is 29.8 Å². The van der Waals surface area contributed by atoms with E-state index in [4.69, 9.17) is 4.74 Å². The first kappa shape index (κ1) is 14.0. The lowest BCUT2D eigenvalue weighted by molar-refractivity contribution is 0.192. The molecule has 0 aliphatic heterocycles. The Bertz CT molecular complexity index is 451. The van der Waals surface area contributed by atoms with Crippen LogP contribution in [0.15, 0.2) is 24.3 Å². The lowest BCUT2D eigenvalue weighted by Crippen LogP contribution is -2.16. The second-order valence-electron chi connectivity index (χ2n) is 3.80. The molecule has 0 aromatic heterocycles. The predicted octanol–water partition coefficient (Wildman–Crippen LogP) is 1.55. The molecule has 1 aromatic carbocycles. The summed E-state index contributed by atoms with van der Waals surface area (Å²) < 4.78 is 28.0. The summed E-state index contributed by atoms with van der Waals surface area (Å²) in [6, 6.07) is 7.07. The Morgan fingerprint density at radius 3 is 2.59 bits per heavy atom. The van der Waals surface area contributed by atoms with Gasteiger partial charge in [0.15, 0.2) is 9.84 Å². The molecule has 0 radical (unpaired) electrons. The minimum absolute atomic E-state index is 0.00234. The third-order valence-corrected chi connectivity index (χ3v) is 4.13. The Labute approximate surface area is 102 Å². The van der Waals surface area contributed by atoms with Crippen LogP contribution >= 0.6 is 0 Å². The number of para-hydroxylation sites is 1. The molecule has 1 aromatic rings. The van der Waals surface area contributed by atoms with Crippen LogP contribution < -0.4 is 4.74 Å². The van der Waals surface area contributed by atoms with Crippen molar-refractivity contribution in [3.63, 3.8) is 0 Å². The summed E-state index contributed by atoms with van der Waals surface area (Å²) in [5.41, 5.74) is 0.668. The fraction of sp³-hybridized carbons (Fsp3) is 0.500. The van der Waals surface area contributed by atoms with Crippen LogP contribution in [0.2, 0.25) is 0 Å². The topological polar surface area (TPSA) is 63.6 Å². The van der Waals surface area contributed by atoms with E-state index in [0.717, 1.165) is 0 Å². The summed E-state index contributed by atoms with van der Waals surface area (Å²) in [5, 5.41) is 9.51. The zero-order chi connectivity index (χ0) is 12.9. The molecule has 0 saturated carbocycles. The van der Waals surface area contributed by atoms with Crippen molar-refractivity contribution in [2.75, 3.05) is 18.1 Å². The maximum atomic E-state index is 11.3. The van der Waals surface area contributed by atoms with Crippen molar-refractivity contribution < 1.29 is 18.3 Å². The Hall–Kier alpha value is -1.07. The standard InChI is InChI=1S/C12H18O4S/c1-3-17(14,15)9-8-16-12-7-5-4-6-11(12)10(2)13/h4-7,10,13H,3,8-9H2,1-2H3/t10-/m1/s1. The summed E-state index contributed by atoms with van der Waals surface area (Å²) in [6.07, 6.45) is -0.631. The SMILES string of the molecule is CCS(=O)(=O)CCOc1ccccc1[C@@H](C)O. The maximum absolute atomic E-state index is 11.3. The largest absolute Gasteiger partial charge is 0.492 e. The lowest BCUT2D eigenvalue weighted by Gasteiger charge is -2.12. The van der Waals surface area contributed by atoms with Gasteiger partial charge in [0, 0.05) is 11.3 Å². The molecule has 0 bridgehead atoms. The Balaban J connectivity index is 2.64. The minimum Gasteiger partial charge on any atom is -0.492 e. The Morgan fingerprint density at radius 1 is 1.35 bits per heavy atom. The van der Waals surface area contributed by atoms with Crippen molar-refractivity contribution in [1.29, 1.82) is 0 Å². The fourth-order valence-electron chi connectivity index (χ4n) is 1.38. The highest BCUT2D eigenvalue weighted by atomic mass is 32.2. The van der Waals surface area contributed by atoms with Crippen LogP contribution in [0, 0.1) is 0 Å². The number of rotatable bonds is 6. The Kier molecular flexibility index (Phi) is 4.96. The van der Waals surface area contributed by atoms with E-state index in [2.05, 4.69) is 0 Å². The molecule has 0 unspecified atom stereocenters. The number of hydrogen-bond acceptors (Lipinski definition) is 4. The van der Waals surface area contributed by atoms with Crippen LogP contribution in [0.4, 0.5) is 0 Å². The van der Waals surface area contributed by atoms with Gasteiger partial charge in [-0.25, -0.2) is 8.42 Å². The van der Waals surface area contributed by atoms with Gasteiger partial charge in [-0.15, -0.1) is 0 Å². The summed E-state index contributed by atoms with van der Waals surface area (Å²) in [4.78, 5) is 0. The third-order valence-electron chi connectivity index (χ3n) is 2.46. The maximum Gasteiger partial charge on any atom is 0.153 e. The molecule has 0 aliphatic rings. The molecule has 1 rings (SSSR count). The average molecular weight is 258 g/mol. The van der Waals surface area contributed by atoms with E-state index >= 15 is 0 Å². The van der Waals surface area contributed by atoms with Crippen molar-refractivity contribution in [1.82, 2.24) is 0 Å². The van der Waals surface area contributed by atoms with Crippen LogP contribution in [-0.2, 0) is 9.84 Å². The van der Waals surface area contributed by atoms with Crippen molar-refractivity contribution in [3.8, 4) is 5.75 Å². The first-order valence-corrected chi connectivity index (χ1v) is 7.38. The number of aliphatic hydroxyl groups excluding tert-OH is 1. The predicted molar refractivity (Wildman–Crippen MR) is 66.9 cm³/mol. The van der Waals surface area contributed by atoms with Crippen molar-refractivity contribution >= 4 is 9.84 Å². The first-order chi connectivity index (χ1) is 7.96. The van der Waals surface area contributed by atoms with Crippen LogP contribution in [-0.4, -0.2) is 31.6 Å².